The molecule has 1 aromatic rings. The van der Waals surface area contributed by atoms with Gasteiger partial charge in [0.15, 0.2) is 5.96 Å². The monoisotopic (exact) mass is 368 g/mol. The molecular formula is C17H32N6OS. The van der Waals surface area contributed by atoms with E-state index in [2.05, 4.69) is 43.3 Å². The lowest BCUT2D eigenvalue weighted by molar-refractivity contribution is 0.129. The molecule has 1 fully saturated rings. The van der Waals surface area contributed by atoms with Gasteiger partial charge in [0.05, 0.1) is 0 Å². The van der Waals surface area contributed by atoms with Gasteiger partial charge in [0, 0.05) is 70.9 Å². The van der Waals surface area contributed by atoms with Gasteiger partial charge in [-0.3, -0.25) is 4.99 Å². The fourth-order valence-electron chi connectivity index (χ4n) is 2.68. The Hall–Kier alpha value is -1.41. The van der Waals surface area contributed by atoms with Crippen molar-refractivity contribution in [2.24, 2.45) is 4.99 Å². The van der Waals surface area contributed by atoms with E-state index in [9.17, 15) is 0 Å². The molecule has 1 aromatic heterocycles. The third kappa shape index (κ3) is 6.43. The van der Waals surface area contributed by atoms with Gasteiger partial charge in [-0.1, -0.05) is 20.3 Å². The van der Waals surface area contributed by atoms with Crippen molar-refractivity contribution in [1.82, 2.24) is 19.6 Å². The third-order valence-corrected chi connectivity index (χ3v) is 5.04. The molecule has 7 nitrogen and oxygen atoms in total. The quantitative estimate of drug-likeness (QED) is 0.409. The standard InChI is InChI=1S/C17H32N6OS/c1-4-6-13-24-14-7-8-19-16(18-3)22-9-11-23(12-10-22)17-20-15(5-2)21-25-17/h4-14H2,1-3H3,(H,18,19). The molecule has 0 spiro atoms. The Morgan fingerprint density at radius 1 is 1.20 bits per heavy atom. The Morgan fingerprint density at radius 2 is 1.96 bits per heavy atom. The molecule has 0 unspecified atom stereocenters. The summed E-state index contributed by atoms with van der Waals surface area (Å²) >= 11 is 1.51. The van der Waals surface area contributed by atoms with Gasteiger partial charge in [-0.05, 0) is 12.8 Å². The number of guanidine groups is 1. The first kappa shape index (κ1) is 19.9. The number of hydrogen-bond donors (Lipinski definition) is 1. The lowest BCUT2D eigenvalue weighted by Gasteiger charge is -2.36. The van der Waals surface area contributed by atoms with Crippen LogP contribution in [-0.2, 0) is 11.2 Å². The molecule has 0 aliphatic carbocycles. The Kier molecular flexibility index (Phi) is 8.96. The molecule has 8 heteroatoms. The van der Waals surface area contributed by atoms with E-state index in [1.807, 2.05) is 7.05 Å². The number of piperazine rings is 1. The summed E-state index contributed by atoms with van der Waals surface area (Å²) in [5.74, 6) is 1.93. The number of ether oxygens (including phenoxy) is 1. The summed E-state index contributed by atoms with van der Waals surface area (Å²) in [5.41, 5.74) is 0. The zero-order valence-electron chi connectivity index (χ0n) is 15.8. The van der Waals surface area contributed by atoms with Crippen LogP contribution in [0.3, 0.4) is 0 Å². The molecule has 1 aliphatic heterocycles. The SMILES string of the molecule is CCCCOCCCNC(=NC)N1CCN(c2nc(CC)ns2)CC1. The predicted molar refractivity (Wildman–Crippen MR) is 105 cm³/mol. The zero-order valence-corrected chi connectivity index (χ0v) is 16.6. The van der Waals surface area contributed by atoms with Gasteiger partial charge in [-0.2, -0.15) is 4.37 Å². The summed E-state index contributed by atoms with van der Waals surface area (Å²) in [4.78, 5) is 13.6. The van der Waals surface area contributed by atoms with Crippen LogP contribution in [-0.4, -0.2) is 73.2 Å². The molecule has 142 valence electrons. The lowest BCUT2D eigenvalue weighted by Crippen LogP contribution is -2.52. The number of rotatable bonds is 9. The van der Waals surface area contributed by atoms with Crippen molar-refractivity contribution in [3.8, 4) is 0 Å². The first-order valence-electron chi connectivity index (χ1n) is 9.39. The second-order valence-corrected chi connectivity index (χ2v) is 6.84. The molecule has 0 bridgehead atoms. The van der Waals surface area contributed by atoms with Crippen molar-refractivity contribution < 1.29 is 4.74 Å². The molecule has 1 N–H and O–H groups in total. The third-order valence-electron chi connectivity index (χ3n) is 4.23. The van der Waals surface area contributed by atoms with Crippen molar-refractivity contribution in [2.75, 3.05) is 57.9 Å². The first-order chi connectivity index (χ1) is 12.3. The van der Waals surface area contributed by atoms with Gasteiger partial charge in [0.1, 0.15) is 5.82 Å². The van der Waals surface area contributed by atoms with Crippen LogP contribution in [0.1, 0.15) is 38.9 Å². The number of nitrogens with one attached hydrogen (secondary N) is 1. The van der Waals surface area contributed by atoms with Crippen LogP contribution < -0.4 is 10.2 Å². The van der Waals surface area contributed by atoms with Gasteiger partial charge >= 0.3 is 0 Å². The second-order valence-electron chi connectivity index (χ2n) is 6.11. The molecule has 25 heavy (non-hydrogen) atoms. The number of unbranched alkanes of at least 4 members (excludes halogenated alkanes) is 1. The molecule has 0 aromatic carbocycles. The number of aryl methyl sites for hydroxylation is 1. The number of aromatic nitrogens is 2. The van der Waals surface area contributed by atoms with E-state index in [1.165, 1.54) is 18.0 Å². The predicted octanol–water partition coefficient (Wildman–Crippen LogP) is 2.00. The topological polar surface area (TPSA) is 65.9 Å². The van der Waals surface area contributed by atoms with E-state index in [1.54, 1.807) is 0 Å². The molecule has 0 amide bonds. The summed E-state index contributed by atoms with van der Waals surface area (Å²) in [6.45, 7) is 10.7. The largest absolute Gasteiger partial charge is 0.381 e. The highest BCUT2D eigenvalue weighted by Gasteiger charge is 2.21. The highest BCUT2D eigenvalue weighted by Crippen LogP contribution is 2.19. The van der Waals surface area contributed by atoms with E-state index in [-0.39, 0.29) is 0 Å². The van der Waals surface area contributed by atoms with E-state index in [0.717, 1.165) is 82.1 Å². The fourth-order valence-corrected chi connectivity index (χ4v) is 3.48. The minimum atomic E-state index is 0.814. The van der Waals surface area contributed by atoms with Crippen molar-refractivity contribution in [1.29, 1.82) is 0 Å². The van der Waals surface area contributed by atoms with Gasteiger partial charge < -0.3 is 19.9 Å². The van der Waals surface area contributed by atoms with E-state index >= 15 is 0 Å². The van der Waals surface area contributed by atoms with Crippen LogP contribution in [0.25, 0.3) is 0 Å². The van der Waals surface area contributed by atoms with E-state index in [0.29, 0.717) is 0 Å². The normalized spacial score (nSPS) is 15.7. The summed E-state index contributed by atoms with van der Waals surface area (Å²) in [5, 5.41) is 4.49. The fraction of sp³-hybridized carbons (Fsp3) is 0.824. The maximum Gasteiger partial charge on any atom is 0.205 e. The molecule has 2 rings (SSSR count). The van der Waals surface area contributed by atoms with Crippen LogP contribution in [0.2, 0.25) is 0 Å². The second kappa shape index (κ2) is 11.3. The van der Waals surface area contributed by atoms with E-state index in [4.69, 9.17) is 4.74 Å². The highest BCUT2D eigenvalue weighted by molar-refractivity contribution is 7.09. The molecule has 0 radical (unpaired) electrons. The van der Waals surface area contributed by atoms with Crippen molar-refractivity contribution in [3.63, 3.8) is 0 Å². The minimum absolute atomic E-state index is 0.814. The smallest absolute Gasteiger partial charge is 0.205 e. The average molecular weight is 369 g/mol. The van der Waals surface area contributed by atoms with Gasteiger partial charge in [0.25, 0.3) is 0 Å². The van der Waals surface area contributed by atoms with Crippen LogP contribution in [0, 0.1) is 0 Å². The van der Waals surface area contributed by atoms with Gasteiger partial charge in [-0.25, -0.2) is 4.98 Å². The number of hydrogen-bond acceptors (Lipinski definition) is 6. The maximum absolute atomic E-state index is 5.60. The first-order valence-corrected chi connectivity index (χ1v) is 10.2. The molecular weight excluding hydrogens is 336 g/mol. The molecule has 2 heterocycles. The van der Waals surface area contributed by atoms with Crippen LogP contribution in [0.15, 0.2) is 4.99 Å². The molecule has 0 atom stereocenters. The van der Waals surface area contributed by atoms with Crippen LogP contribution >= 0.6 is 11.5 Å². The Labute approximate surface area is 155 Å². The molecule has 0 saturated carbocycles. The van der Waals surface area contributed by atoms with Crippen molar-refractivity contribution in [2.45, 2.75) is 39.5 Å². The number of anilines is 1. The Balaban J connectivity index is 1.67. The van der Waals surface area contributed by atoms with Crippen LogP contribution in [0.4, 0.5) is 5.13 Å². The minimum Gasteiger partial charge on any atom is -0.381 e. The lowest BCUT2D eigenvalue weighted by atomic mass is 10.3. The van der Waals surface area contributed by atoms with Crippen molar-refractivity contribution in [3.05, 3.63) is 5.82 Å². The zero-order chi connectivity index (χ0) is 17.9. The summed E-state index contributed by atoms with van der Waals surface area (Å²) < 4.78 is 9.98. The highest BCUT2D eigenvalue weighted by atomic mass is 32.1. The summed E-state index contributed by atoms with van der Waals surface area (Å²) in [6.07, 6.45) is 4.24. The number of nitrogens with zero attached hydrogens (tertiary/aromatic N) is 5. The van der Waals surface area contributed by atoms with Gasteiger partial charge in [-0.15, -0.1) is 0 Å². The summed E-state index contributed by atoms with van der Waals surface area (Å²) in [6, 6.07) is 0. The van der Waals surface area contributed by atoms with E-state index < -0.39 is 0 Å². The number of aliphatic imine (C=N–C) groups is 1. The molecule has 1 aliphatic rings. The molecule has 1 saturated heterocycles. The average Bonchev–Trinajstić information content (AvgIpc) is 3.14. The Bertz CT molecular complexity index is 513. The summed E-state index contributed by atoms with van der Waals surface area (Å²) in [7, 11) is 1.85. The van der Waals surface area contributed by atoms with Crippen LogP contribution in [0.5, 0.6) is 0 Å². The Morgan fingerprint density at radius 3 is 2.60 bits per heavy atom. The maximum atomic E-state index is 5.60. The van der Waals surface area contributed by atoms with Crippen molar-refractivity contribution >= 4 is 22.6 Å². The van der Waals surface area contributed by atoms with Gasteiger partial charge in [0.2, 0.25) is 5.13 Å².